The predicted octanol–water partition coefficient (Wildman–Crippen LogP) is 5.56. The maximum absolute atomic E-state index is 15.1. The molecule has 2 aromatic heterocycles. The van der Waals surface area contributed by atoms with Gasteiger partial charge >= 0.3 is 0 Å². The van der Waals surface area contributed by atoms with Crippen molar-refractivity contribution in [3.05, 3.63) is 47.0 Å². The minimum atomic E-state index is -3.86. The number of sulfonamides is 1. The number of methoxy groups -OCH3 is 1. The van der Waals surface area contributed by atoms with Gasteiger partial charge in [-0.3, -0.25) is 14.2 Å². The van der Waals surface area contributed by atoms with Crippen molar-refractivity contribution in [3.8, 4) is 16.9 Å². The number of anilines is 1. The molecule has 1 saturated carbocycles. The van der Waals surface area contributed by atoms with E-state index in [2.05, 4.69) is 14.9 Å². The second kappa shape index (κ2) is 8.66. The summed E-state index contributed by atoms with van der Waals surface area (Å²) < 4.78 is 60.1. The number of nitrogens with zero attached hydrogens (tertiary/aromatic N) is 2. The number of alkyl halides is 1. The lowest BCUT2D eigenvalue weighted by molar-refractivity contribution is 0.417. The maximum Gasteiger partial charge on any atom is 0.232 e. The van der Waals surface area contributed by atoms with E-state index in [1.54, 1.807) is 18.3 Å². The molecule has 0 radical (unpaired) electrons. The molecular formula is C23H21ClF2N4O3S. The lowest BCUT2D eigenvalue weighted by Gasteiger charge is -2.17. The van der Waals surface area contributed by atoms with E-state index in [9.17, 15) is 12.8 Å². The van der Waals surface area contributed by atoms with Crippen molar-refractivity contribution in [2.75, 3.05) is 24.3 Å². The fraction of sp³-hybridized carbons (Fsp3) is 0.304. The van der Waals surface area contributed by atoms with E-state index < -0.39 is 28.3 Å². The van der Waals surface area contributed by atoms with Crippen molar-refractivity contribution in [3.63, 3.8) is 0 Å². The summed E-state index contributed by atoms with van der Waals surface area (Å²) in [7, 11) is -2.39. The standard InChI is InChI=1S/C23H21ClF2N4O3S/c1-33-19-10-13-14(22(12-3-4-12)28-23-16(13)11-27-29-23)9-15(19)20-17(26)5-6-18(21(20)24)30-34(31,32)8-2-7-25/h5-6,9-12,30H,2-4,7-8H2,1H3,(H,27,28,29). The molecule has 0 unspecified atom stereocenters. The number of nitrogens with one attached hydrogen (secondary N) is 2. The molecule has 2 aromatic carbocycles. The highest BCUT2D eigenvalue weighted by Gasteiger charge is 2.29. The quantitative estimate of drug-likeness (QED) is 0.326. The van der Waals surface area contributed by atoms with Gasteiger partial charge in [-0.1, -0.05) is 11.6 Å². The number of pyridine rings is 1. The van der Waals surface area contributed by atoms with E-state index in [1.165, 1.54) is 13.2 Å². The number of halogens is 3. The van der Waals surface area contributed by atoms with Gasteiger partial charge in [-0.15, -0.1) is 0 Å². The molecule has 0 amide bonds. The number of hydrogen-bond acceptors (Lipinski definition) is 5. The second-order valence-electron chi connectivity index (χ2n) is 8.25. The van der Waals surface area contributed by atoms with Crippen molar-refractivity contribution >= 4 is 49.1 Å². The number of fused-ring (bicyclic) bond motifs is 3. The van der Waals surface area contributed by atoms with Crippen LogP contribution in [0.25, 0.3) is 32.9 Å². The smallest absolute Gasteiger partial charge is 0.232 e. The van der Waals surface area contributed by atoms with Crippen LogP contribution in [0.3, 0.4) is 0 Å². The molecule has 0 bridgehead atoms. The highest BCUT2D eigenvalue weighted by atomic mass is 35.5. The monoisotopic (exact) mass is 506 g/mol. The Bertz CT molecular complexity index is 1520. The largest absolute Gasteiger partial charge is 0.496 e. The summed E-state index contributed by atoms with van der Waals surface area (Å²) in [5.74, 6) is -0.394. The summed E-state index contributed by atoms with van der Waals surface area (Å²) in [6.07, 6.45) is 3.54. The molecule has 1 fully saturated rings. The Morgan fingerprint density at radius 1 is 1.24 bits per heavy atom. The summed E-state index contributed by atoms with van der Waals surface area (Å²) in [5.41, 5.74) is 1.92. The van der Waals surface area contributed by atoms with Gasteiger partial charge in [0.1, 0.15) is 11.6 Å². The number of aromatic amines is 1. The highest BCUT2D eigenvalue weighted by molar-refractivity contribution is 7.92. The van der Waals surface area contributed by atoms with E-state index in [0.717, 1.165) is 40.8 Å². The summed E-state index contributed by atoms with van der Waals surface area (Å²) in [6.45, 7) is -0.765. The molecule has 0 saturated heterocycles. The van der Waals surface area contributed by atoms with E-state index in [-0.39, 0.29) is 22.7 Å². The molecule has 0 atom stereocenters. The topological polar surface area (TPSA) is 97.0 Å². The Kier molecular flexibility index (Phi) is 5.81. The molecule has 0 aliphatic heterocycles. The maximum atomic E-state index is 15.1. The Hall–Kier alpha value is -2.98. The fourth-order valence-electron chi connectivity index (χ4n) is 4.13. The number of rotatable bonds is 8. The van der Waals surface area contributed by atoms with Crippen LogP contribution >= 0.6 is 11.6 Å². The third kappa shape index (κ3) is 4.05. The van der Waals surface area contributed by atoms with Crippen molar-refractivity contribution in [2.24, 2.45) is 0 Å². The number of H-pyrrole nitrogens is 1. The third-order valence-electron chi connectivity index (χ3n) is 5.89. The van der Waals surface area contributed by atoms with Gasteiger partial charge in [-0.2, -0.15) is 5.10 Å². The summed E-state index contributed by atoms with van der Waals surface area (Å²) in [5, 5.41) is 9.40. The Morgan fingerprint density at radius 3 is 2.74 bits per heavy atom. The summed E-state index contributed by atoms with van der Waals surface area (Å²) >= 11 is 6.53. The molecule has 34 heavy (non-hydrogen) atoms. The van der Waals surface area contributed by atoms with Gasteiger partial charge in [0.15, 0.2) is 5.65 Å². The van der Waals surface area contributed by atoms with Crippen molar-refractivity contribution < 1.29 is 21.9 Å². The normalized spacial score (nSPS) is 14.1. The first-order valence-electron chi connectivity index (χ1n) is 10.7. The Labute approximate surface area is 199 Å². The lowest BCUT2D eigenvalue weighted by Crippen LogP contribution is -2.17. The zero-order valence-corrected chi connectivity index (χ0v) is 19.7. The SMILES string of the molecule is COc1cc2c(cc1-c1c(F)ccc(NS(=O)(=O)CCCF)c1Cl)c(C1CC1)nc1[nH]ncc12. The molecule has 11 heteroatoms. The van der Waals surface area contributed by atoms with Crippen LogP contribution in [0.2, 0.25) is 5.02 Å². The van der Waals surface area contributed by atoms with Gasteiger partial charge in [-0.05, 0) is 48.9 Å². The average molecular weight is 507 g/mol. The molecule has 7 nitrogen and oxygen atoms in total. The molecule has 4 aromatic rings. The lowest BCUT2D eigenvalue weighted by atomic mass is 9.96. The highest BCUT2D eigenvalue weighted by Crippen LogP contribution is 2.47. The van der Waals surface area contributed by atoms with Crippen molar-refractivity contribution in [2.45, 2.75) is 25.2 Å². The number of hydrogen-bond donors (Lipinski definition) is 2. The van der Waals surface area contributed by atoms with Crippen LogP contribution in [0.5, 0.6) is 5.75 Å². The molecule has 5 rings (SSSR count). The Morgan fingerprint density at radius 2 is 2.03 bits per heavy atom. The molecule has 178 valence electrons. The van der Waals surface area contributed by atoms with Crippen molar-refractivity contribution in [1.82, 2.24) is 15.2 Å². The molecular weight excluding hydrogens is 486 g/mol. The Balaban J connectivity index is 1.71. The first-order valence-corrected chi connectivity index (χ1v) is 12.8. The molecule has 1 aliphatic carbocycles. The number of aromatic nitrogens is 3. The molecule has 2 heterocycles. The minimum Gasteiger partial charge on any atom is -0.496 e. The van der Waals surface area contributed by atoms with Gasteiger partial charge in [0.05, 0.1) is 42.1 Å². The van der Waals surface area contributed by atoms with Crippen LogP contribution < -0.4 is 9.46 Å². The molecule has 2 N–H and O–H groups in total. The van der Waals surface area contributed by atoms with Crippen molar-refractivity contribution in [1.29, 1.82) is 0 Å². The van der Waals surface area contributed by atoms with Gasteiger partial charge < -0.3 is 4.74 Å². The van der Waals surface area contributed by atoms with Crippen LogP contribution in [0.1, 0.15) is 30.9 Å². The summed E-state index contributed by atoms with van der Waals surface area (Å²) in [4.78, 5) is 4.75. The third-order valence-corrected chi connectivity index (χ3v) is 7.64. The van der Waals surface area contributed by atoms with Gasteiger partial charge in [-0.25, -0.2) is 17.8 Å². The zero-order chi connectivity index (χ0) is 24.0. The average Bonchev–Trinajstić information content (AvgIpc) is 3.55. The van der Waals surface area contributed by atoms with Gasteiger partial charge in [0.25, 0.3) is 0 Å². The summed E-state index contributed by atoms with van der Waals surface area (Å²) in [6, 6.07) is 5.96. The van der Waals surface area contributed by atoms with Crippen LogP contribution in [0.15, 0.2) is 30.5 Å². The van der Waals surface area contributed by atoms with Crippen LogP contribution in [0.4, 0.5) is 14.5 Å². The van der Waals surface area contributed by atoms with E-state index in [1.807, 2.05) is 0 Å². The number of benzene rings is 2. The number of ether oxygens (including phenoxy) is 1. The van der Waals surface area contributed by atoms with Crippen LogP contribution in [-0.4, -0.2) is 43.1 Å². The molecule has 0 spiro atoms. The van der Waals surface area contributed by atoms with Crippen LogP contribution in [0, 0.1) is 5.82 Å². The zero-order valence-electron chi connectivity index (χ0n) is 18.2. The predicted molar refractivity (Wildman–Crippen MR) is 128 cm³/mol. The van der Waals surface area contributed by atoms with E-state index >= 15 is 4.39 Å². The van der Waals surface area contributed by atoms with Gasteiger partial charge in [0, 0.05) is 27.8 Å². The van der Waals surface area contributed by atoms with Crippen LogP contribution in [-0.2, 0) is 10.0 Å². The second-order valence-corrected chi connectivity index (χ2v) is 10.5. The van der Waals surface area contributed by atoms with E-state index in [4.69, 9.17) is 21.3 Å². The van der Waals surface area contributed by atoms with Gasteiger partial charge in [0.2, 0.25) is 10.0 Å². The minimum absolute atomic E-state index is 0.000135. The van der Waals surface area contributed by atoms with E-state index in [0.29, 0.717) is 22.9 Å². The fourth-order valence-corrected chi connectivity index (χ4v) is 5.59. The first-order chi connectivity index (χ1) is 16.3. The molecule has 1 aliphatic rings. The first kappa shape index (κ1) is 22.8.